The molecule has 4 rings (SSSR count). The normalized spacial score (nSPS) is 11.0. The molecule has 0 spiro atoms. The van der Waals surface area contributed by atoms with Crippen molar-refractivity contribution in [2.45, 2.75) is 6.54 Å². The van der Waals surface area contributed by atoms with E-state index in [1.165, 1.54) is 5.56 Å². The van der Waals surface area contributed by atoms with Gasteiger partial charge in [0.25, 0.3) is 0 Å². The Morgan fingerprint density at radius 2 is 1.76 bits per heavy atom. The lowest BCUT2D eigenvalue weighted by molar-refractivity contribution is 0.414. The van der Waals surface area contributed by atoms with Crippen LogP contribution in [0.3, 0.4) is 0 Å². The molecule has 0 saturated carbocycles. The van der Waals surface area contributed by atoms with Crippen LogP contribution in [0.25, 0.3) is 22.4 Å². The molecular weight excluding hydrogens is 332 g/mol. The first-order valence-corrected chi connectivity index (χ1v) is 8.46. The minimum absolute atomic E-state index is 0.709. The first kappa shape index (κ1) is 15.7. The van der Waals surface area contributed by atoms with Gasteiger partial charge >= 0.3 is 0 Å². The van der Waals surface area contributed by atoms with E-state index < -0.39 is 0 Å². The van der Waals surface area contributed by atoms with Gasteiger partial charge in [0.15, 0.2) is 0 Å². The van der Waals surface area contributed by atoms with E-state index in [0.29, 0.717) is 5.02 Å². The molecule has 0 atom stereocenters. The minimum atomic E-state index is 0.709. The first-order chi connectivity index (χ1) is 12.2. The molecule has 0 fully saturated rings. The largest absolute Gasteiger partial charge is 0.497 e. The Morgan fingerprint density at radius 1 is 0.960 bits per heavy atom. The van der Waals surface area contributed by atoms with Crippen molar-refractivity contribution in [3.8, 4) is 17.1 Å². The number of nitrogens with zero attached hydrogens (tertiary/aromatic N) is 2. The van der Waals surface area contributed by atoms with Crippen LogP contribution >= 0.6 is 11.6 Å². The molecule has 3 nitrogen and oxygen atoms in total. The number of halogens is 1. The number of methoxy groups -OCH3 is 1. The summed E-state index contributed by atoms with van der Waals surface area (Å²) in [5.74, 6) is 1.77. The second-order valence-corrected chi connectivity index (χ2v) is 6.31. The number of benzene rings is 3. The van der Waals surface area contributed by atoms with E-state index in [1.54, 1.807) is 7.11 Å². The van der Waals surface area contributed by atoms with Gasteiger partial charge in [0.1, 0.15) is 11.6 Å². The van der Waals surface area contributed by atoms with Gasteiger partial charge < -0.3 is 9.30 Å². The molecule has 1 aromatic heterocycles. The zero-order valence-corrected chi connectivity index (χ0v) is 14.6. The quantitative estimate of drug-likeness (QED) is 0.492. The third-order valence-electron chi connectivity index (χ3n) is 4.24. The third kappa shape index (κ3) is 3.11. The van der Waals surface area contributed by atoms with E-state index in [9.17, 15) is 0 Å². The Kier molecular flexibility index (Phi) is 4.16. The van der Waals surface area contributed by atoms with Crippen molar-refractivity contribution in [1.29, 1.82) is 0 Å². The first-order valence-electron chi connectivity index (χ1n) is 8.09. The van der Waals surface area contributed by atoms with Crippen molar-refractivity contribution in [1.82, 2.24) is 9.55 Å². The monoisotopic (exact) mass is 348 g/mol. The number of hydrogen-bond acceptors (Lipinski definition) is 2. The molecule has 0 radical (unpaired) electrons. The van der Waals surface area contributed by atoms with Crippen molar-refractivity contribution in [2.24, 2.45) is 0 Å². The van der Waals surface area contributed by atoms with Gasteiger partial charge in [-0.1, -0.05) is 48.0 Å². The van der Waals surface area contributed by atoms with Crippen molar-refractivity contribution in [3.63, 3.8) is 0 Å². The maximum absolute atomic E-state index is 6.19. The number of rotatable bonds is 4. The second-order valence-electron chi connectivity index (χ2n) is 5.87. The number of fused-ring (bicyclic) bond motifs is 1. The lowest BCUT2D eigenvalue weighted by atomic mass is 10.2. The highest BCUT2D eigenvalue weighted by molar-refractivity contribution is 6.30. The summed E-state index contributed by atoms with van der Waals surface area (Å²) < 4.78 is 7.47. The van der Waals surface area contributed by atoms with Crippen LogP contribution in [0.2, 0.25) is 5.02 Å². The maximum atomic E-state index is 6.19. The fraction of sp³-hybridized carbons (Fsp3) is 0.0952. The number of para-hydroxylation sites is 2. The number of imidazole rings is 1. The Balaban J connectivity index is 1.84. The van der Waals surface area contributed by atoms with Gasteiger partial charge in [0.2, 0.25) is 0 Å². The van der Waals surface area contributed by atoms with Crippen LogP contribution < -0.4 is 4.74 Å². The Hall–Kier alpha value is -2.78. The predicted molar refractivity (Wildman–Crippen MR) is 102 cm³/mol. The zero-order valence-electron chi connectivity index (χ0n) is 13.8. The van der Waals surface area contributed by atoms with Crippen LogP contribution in [0.4, 0.5) is 0 Å². The number of hydrogen-bond donors (Lipinski definition) is 0. The van der Waals surface area contributed by atoms with Crippen molar-refractivity contribution in [3.05, 3.63) is 83.4 Å². The standard InChI is InChI=1S/C21H17ClN2O/c1-25-18-11-9-15(10-12-18)14-24-20-8-3-2-7-19(20)23-21(24)16-5-4-6-17(22)13-16/h2-13H,14H2,1H3. The molecule has 0 aliphatic heterocycles. The van der Waals surface area contributed by atoms with E-state index in [1.807, 2.05) is 54.6 Å². The summed E-state index contributed by atoms with van der Waals surface area (Å²) in [5.41, 5.74) is 4.28. The molecule has 1 heterocycles. The Labute approximate surface area is 151 Å². The van der Waals surface area contributed by atoms with Gasteiger partial charge in [-0.25, -0.2) is 4.98 Å². The molecule has 0 amide bonds. The SMILES string of the molecule is COc1ccc(Cn2c(-c3cccc(Cl)c3)nc3ccccc32)cc1. The van der Waals surface area contributed by atoms with Crippen LogP contribution in [0.15, 0.2) is 72.8 Å². The summed E-state index contributed by atoms with van der Waals surface area (Å²) in [4.78, 5) is 4.83. The molecule has 0 unspecified atom stereocenters. The molecule has 0 aliphatic carbocycles. The topological polar surface area (TPSA) is 27.1 Å². The van der Waals surface area contributed by atoms with Gasteiger partial charge in [0, 0.05) is 17.1 Å². The zero-order chi connectivity index (χ0) is 17.2. The molecule has 4 aromatic rings. The fourth-order valence-corrected chi connectivity index (χ4v) is 3.19. The van der Waals surface area contributed by atoms with Crippen LogP contribution in [0.5, 0.6) is 5.75 Å². The minimum Gasteiger partial charge on any atom is -0.497 e. The molecular formula is C21H17ClN2O. The van der Waals surface area contributed by atoms with Crippen LogP contribution in [-0.4, -0.2) is 16.7 Å². The van der Waals surface area contributed by atoms with Gasteiger partial charge in [-0.15, -0.1) is 0 Å². The Morgan fingerprint density at radius 3 is 2.52 bits per heavy atom. The average Bonchev–Trinajstić information content (AvgIpc) is 3.01. The molecule has 4 heteroatoms. The van der Waals surface area contributed by atoms with Crippen LogP contribution in [0, 0.1) is 0 Å². The van der Waals surface area contributed by atoms with Crippen molar-refractivity contribution < 1.29 is 4.74 Å². The summed E-state index contributed by atoms with van der Waals surface area (Å²) in [6.45, 7) is 0.729. The van der Waals surface area contributed by atoms with Crippen LogP contribution in [-0.2, 0) is 6.54 Å². The molecule has 124 valence electrons. The van der Waals surface area contributed by atoms with E-state index in [0.717, 1.165) is 34.7 Å². The average molecular weight is 349 g/mol. The second kappa shape index (κ2) is 6.61. The van der Waals surface area contributed by atoms with Gasteiger partial charge in [0.05, 0.1) is 18.1 Å². The van der Waals surface area contributed by atoms with Crippen molar-refractivity contribution in [2.75, 3.05) is 7.11 Å². The van der Waals surface area contributed by atoms with E-state index in [-0.39, 0.29) is 0 Å². The van der Waals surface area contributed by atoms with Crippen molar-refractivity contribution >= 4 is 22.6 Å². The predicted octanol–water partition coefficient (Wildman–Crippen LogP) is 5.41. The molecule has 25 heavy (non-hydrogen) atoms. The number of aromatic nitrogens is 2. The summed E-state index contributed by atoms with van der Waals surface area (Å²) in [5, 5.41) is 0.709. The third-order valence-corrected chi connectivity index (χ3v) is 4.47. The molecule has 0 aliphatic rings. The number of ether oxygens (including phenoxy) is 1. The highest BCUT2D eigenvalue weighted by Gasteiger charge is 2.13. The fourth-order valence-electron chi connectivity index (χ4n) is 3.00. The maximum Gasteiger partial charge on any atom is 0.141 e. The highest BCUT2D eigenvalue weighted by atomic mass is 35.5. The smallest absolute Gasteiger partial charge is 0.141 e. The summed E-state index contributed by atoms with van der Waals surface area (Å²) in [7, 11) is 1.68. The lowest BCUT2D eigenvalue weighted by Gasteiger charge is -2.10. The summed E-state index contributed by atoms with van der Waals surface area (Å²) in [6, 6.07) is 24.1. The van der Waals surface area contributed by atoms with E-state index >= 15 is 0 Å². The lowest BCUT2D eigenvalue weighted by Crippen LogP contribution is -2.02. The van der Waals surface area contributed by atoms with Gasteiger partial charge in [-0.2, -0.15) is 0 Å². The molecule has 0 saturated heterocycles. The van der Waals surface area contributed by atoms with Gasteiger partial charge in [-0.05, 0) is 42.0 Å². The highest BCUT2D eigenvalue weighted by Crippen LogP contribution is 2.27. The summed E-state index contributed by atoms with van der Waals surface area (Å²) in [6.07, 6.45) is 0. The van der Waals surface area contributed by atoms with Gasteiger partial charge in [-0.3, -0.25) is 0 Å². The Bertz CT molecular complexity index is 1020. The van der Waals surface area contributed by atoms with E-state index in [2.05, 4.69) is 22.8 Å². The molecule has 0 bridgehead atoms. The van der Waals surface area contributed by atoms with E-state index in [4.69, 9.17) is 21.3 Å². The summed E-state index contributed by atoms with van der Waals surface area (Å²) >= 11 is 6.19. The van der Waals surface area contributed by atoms with Crippen LogP contribution in [0.1, 0.15) is 5.56 Å². The molecule has 3 aromatic carbocycles. The molecule has 0 N–H and O–H groups in total.